The van der Waals surface area contributed by atoms with Crippen LogP contribution >= 0.6 is 11.8 Å². The molecule has 42 heavy (non-hydrogen) atoms. The number of esters is 1. The molecule has 4 aliphatic rings. The van der Waals surface area contributed by atoms with Crippen molar-refractivity contribution in [2.24, 2.45) is 39.9 Å². The Morgan fingerprint density at radius 2 is 2.02 bits per heavy atom. The first kappa shape index (κ1) is 31.5. The molecule has 1 saturated heterocycles. The summed E-state index contributed by atoms with van der Waals surface area (Å²) in [6.45, 7) is 16.3. The molecule has 9 heteroatoms. The maximum Gasteiger partial charge on any atom is 0.316 e. The zero-order valence-electron chi connectivity index (χ0n) is 26.0. The summed E-state index contributed by atoms with van der Waals surface area (Å²) in [5.74, 6) is 0.888. The van der Waals surface area contributed by atoms with Gasteiger partial charge in [0.15, 0.2) is 5.16 Å². The normalized spacial score (nSPS) is 40.2. The van der Waals surface area contributed by atoms with E-state index in [1.54, 1.807) is 0 Å². The minimum atomic E-state index is -0.684. The summed E-state index contributed by atoms with van der Waals surface area (Å²) >= 11 is 1.26. The molecule has 1 aliphatic heterocycles. The van der Waals surface area contributed by atoms with E-state index in [-0.39, 0.29) is 53.2 Å². The van der Waals surface area contributed by atoms with E-state index in [9.17, 15) is 19.8 Å². The van der Waals surface area contributed by atoms with Crippen molar-refractivity contribution in [1.29, 1.82) is 0 Å². The molecule has 0 aromatic carbocycles. The SMILES string of the molecule is C=C[C@]1(C)C[C@@H](OC(=O)CSc2nc(C)cc(N3CCC[C@H](CO)C3)n2)[C@@]2(C)[C@H](C)CC[C@]3(CCC(=O)[C@H]32)[C@@H](C)[C@@H]1O. The van der Waals surface area contributed by atoms with Crippen LogP contribution in [0.1, 0.15) is 78.3 Å². The predicted octanol–water partition coefficient (Wildman–Crippen LogP) is 4.99. The standard InChI is InChI=1S/C33H49N3O5S/c1-7-31(5)16-25(32(6)20(2)10-12-33(22(4)29(31)40)13-11-24(38)28(32)33)41-27(39)19-42-30-34-21(3)15-26(35-30)36-14-8-9-23(17-36)18-37/h7,15,20,22-23,25,28-29,37,40H,1,8-14,16-19H2,2-6H3/t20-,22+,23+,25-,28+,29+,31-,32-,33+/m1/s1. The Hall–Kier alpha value is -1.97. The fourth-order valence-corrected chi connectivity index (χ4v) is 9.67. The number of carbonyl (C=O) groups is 2. The minimum absolute atomic E-state index is 0.0522. The molecule has 4 fully saturated rings. The van der Waals surface area contributed by atoms with Crippen molar-refractivity contribution < 1.29 is 24.5 Å². The molecule has 8 nitrogen and oxygen atoms in total. The van der Waals surface area contributed by atoms with Gasteiger partial charge in [0, 0.05) is 54.6 Å². The molecule has 2 bridgehead atoms. The first-order valence-corrected chi connectivity index (χ1v) is 16.7. The largest absolute Gasteiger partial charge is 0.461 e. The molecular formula is C33H49N3O5S. The van der Waals surface area contributed by atoms with Gasteiger partial charge in [0.25, 0.3) is 0 Å². The summed E-state index contributed by atoms with van der Waals surface area (Å²) in [5.41, 5.74) is -0.659. The number of aromatic nitrogens is 2. The Labute approximate surface area is 255 Å². The molecule has 0 unspecified atom stereocenters. The van der Waals surface area contributed by atoms with Crippen molar-refractivity contribution >= 4 is 29.3 Å². The number of aliphatic hydroxyl groups is 2. The Kier molecular flexibility index (Phi) is 8.87. The Morgan fingerprint density at radius 1 is 1.26 bits per heavy atom. The number of nitrogens with zero attached hydrogens (tertiary/aromatic N) is 3. The van der Waals surface area contributed by atoms with E-state index in [0.29, 0.717) is 18.0 Å². The second-order valence-corrected chi connectivity index (χ2v) is 15.1. The van der Waals surface area contributed by atoms with Crippen molar-refractivity contribution in [1.82, 2.24) is 9.97 Å². The van der Waals surface area contributed by atoms with E-state index in [0.717, 1.165) is 56.7 Å². The van der Waals surface area contributed by atoms with Crippen LogP contribution in [0.15, 0.2) is 23.9 Å². The molecule has 2 heterocycles. The lowest BCUT2D eigenvalue weighted by atomic mass is 9.44. The average molecular weight is 600 g/mol. The van der Waals surface area contributed by atoms with Crippen molar-refractivity contribution in [3.63, 3.8) is 0 Å². The second-order valence-electron chi connectivity index (χ2n) is 14.1. The van der Waals surface area contributed by atoms with Gasteiger partial charge in [-0.1, -0.05) is 45.5 Å². The number of aryl methyl sites for hydroxylation is 1. The highest BCUT2D eigenvalue weighted by molar-refractivity contribution is 7.99. The van der Waals surface area contributed by atoms with Gasteiger partial charge in [-0.3, -0.25) is 9.59 Å². The van der Waals surface area contributed by atoms with Crippen LogP contribution < -0.4 is 4.90 Å². The van der Waals surface area contributed by atoms with Crippen LogP contribution in [-0.4, -0.2) is 69.6 Å². The number of rotatable bonds is 7. The molecule has 0 radical (unpaired) electrons. The van der Waals surface area contributed by atoms with Gasteiger partial charge in [-0.25, -0.2) is 9.97 Å². The third kappa shape index (κ3) is 5.32. The van der Waals surface area contributed by atoms with Gasteiger partial charge in [0.1, 0.15) is 17.7 Å². The molecule has 1 aromatic rings. The number of carbonyl (C=O) groups excluding carboxylic acids is 2. The summed E-state index contributed by atoms with van der Waals surface area (Å²) in [4.78, 5) is 38.7. The van der Waals surface area contributed by atoms with Crippen LogP contribution in [0.3, 0.4) is 0 Å². The van der Waals surface area contributed by atoms with Crippen LogP contribution in [0.2, 0.25) is 0 Å². The fourth-order valence-electron chi connectivity index (χ4n) is 8.99. The number of ether oxygens (including phenoxy) is 1. The third-order valence-electron chi connectivity index (χ3n) is 11.8. The fraction of sp³-hybridized carbons (Fsp3) is 0.758. The highest BCUT2D eigenvalue weighted by Gasteiger charge is 2.68. The Balaban J connectivity index is 1.38. The van der Waals surface area contributed by atoms with Gasteiger partial charge >= 0.3 is 5.97 Å². The molecule has 5 rings (SSSR count). The highest BCUT2D eigenvalue weighted by atomic mass is 32.2. The van der Waals surface area contributed by atoms with Crippen LogP contribution in [0.25, 0.3) is 0 Å². The van der Waals surface area contributed by atoms with Crippen molar-refractivity contribution in [3.8, 4) is 0 Å². The van der Waals surface area contributed by atoms with E-state index >= 15 is 0 Å². The molecular weight excluding hydrogens is 550 g/mol. The van der Waals surface area contributed by atoms with E-state index < -0.39 is 23.0 Å². The molecule has 3 saturated carbocycles. The molecule has 0 amide bonds. The van der Waals surface area contributed by atoms with Gasteiger partial charge in [-0.2, -0.15) is 0 Å². The molecule has 9 atom stereocenters. The van der Waals surface area contributed by atoms with E-state index in [1.807, 2.05) is 26.0 Å². The predicted molar refractivity (Wildman–Crippen MR) is 164 cm³/mol. The smallest absolute Gasteiger partial charge is 0.316 e. The first-order chi connectivity index (χ1) is 19.9. The quantitative estimate of drug-likeness (QED) is 0.194. The van der Waals surface area contributed by atoms with Crippen molar-refractivity contribution in [2.45, 2.75) is 96.9 Å². The summed E-state index contributed by atoms with van der Waals surface area (Å²) in [6, 6.07) is 1.95. The molecule has 2 N–H and O–H groups in total. The van der Waals surface area contributed by atoms with Gasteiger partial charge in [-0.05, 0) is 68.6 Å². The van der Waals surface area contributed by atoms with E-state index in [1.165, 1.54) is 11.8 Å². The van der Waals surface area contributed by atoms with Gasteiger partial charge < -0.3 is 19.8 Å². The summed E-state index contributed by atoms with van der Waals surface area (Å²) < 4.78 is 6.38. The lowest BCUT2D eigenvalue weighted by molar-refractivity contribution is -0.205. The third-order valence-corrected chi connectivity index (χ3v) is 12.6. The van der Waals surface area contributed by atoms with E-state index in [4.69, 9.17) is 9.72 Å². The molecule has 232 valence electrons. The number of Topliss-reactive ketones (excluding diaryl/α,β-unsaturated/α-hetero) is 1. The Morgan fingerprint density at radius 3 is 2.74 bits per heavy atom. The number of anilines is 1. The second kappa shape index (κ2) is 11.8. The van der Waals surface area contributed by atoms with Gasteiger partial charge in [0.05, 0.1) is 11.9 Å². The topological polar surface area (TPSA) is 113 Å². The van der Waals surface area contributed by atoms with Gasteiger partial charge in [0.2, 0.25) is 0 Å². The minimum Gasteiger partial charge on any atom is -0.461 e. The van der Waals surface area contributed by atoms with Crippen LogP contribution in [0, 0.1) is 46.8 Å². The maximum atomic E-state index is 13.6. The van der Waals surface area contributed by atoms with Crippen LogP contribution in [0.5, 0.6) is 0 Å². The number of hydrogen-bond donors (Lipinski definition) is 2. The average Bonchev–Trinajstić information content (AvgIpc) is 3.34. The zero-order chi connectivity index (χ0) is 30.4. The monoisotopic (exact) mass is 599 g/mol. The summed E-state index contributed by atoms with van der Waals surface area (Å²) in [5, 5.41) is 21.9. The van der Waals surface area contributed by atoms with Crippen molar-refractivity contribution in [3.05, 3.63) is 24.4 Å². The lowest BCUT2D eigenvalue weighted by Crippen LogP contribution is -2.63. The Bertz CT molecular complexity index is 1210. The molecule has 0 spiro atoms. The summed E-state index contributed by atoms with van der Waals surface area (Å²) in [7, 11) is 0. The maximum absolute atomic E-state index is 13.6. The molecule has 1 aromatic heterocycles. The number of thioether (sulfide) groups is 1. The zero-order valence-corrected chi connectivity index (χ0v) is 26.8. The first-order valence-electron chi connectivity index (χ1n) is 15.8. The number of ketones is 1. The van der Waals surface area contributed by atoms with Crippen molar-refractivity contribution in [2.75, 3.05) is 30.3 Å². The van der Waals surface area contributed by atoms with Gasteiger partial charge in [-0.15, -0.1) is 6.58 Å². The highest BCUT2D eigenvalue weighted by Crippen LogP contribution is 2.68. The number of hydrogen-bond acceptors (Lipinski definition) is 9. The number of aliphatic hydroxyl groups excluding tert-OH is 2. The summed E-state index contributed by atoms with van der Waals surface area (Å²) in [6.07, 6.45) is 6.20. The number of piperidine rings is 1. The lowest BCUT2D eigenvalue weighted by Gasteiger charge is -2.61. The van der Waals surface area contributed by atoms with Crippen LogP contribution in [0.4, 0.5) is 5.82 Å². The molecule has 3 aliphatic carbocycles. The van der Waals surface area contributed by atoms with Crippen LogP contribution in [-0.2, 0) is 14.3 Å². The van der Waals surface area contributed by atoms with E-state index in [2.05, 4.69) is 37.2 Å².